The van der Waals surface area contributed by atoms with E-state index in [2.05, 4.69) is 130 Å². The molecule has 0 spiro atoms. The lowest BCUT2D eigenvalue weighted by Crippen LogP contribution is -2.30. The number of carbonyl (C=O) groups is 3. The maximum atomic E-state index is 12.9. The number of phosphoric ester groups is 1. The van der Waals surface area contributed by atoms with Gasteiger partial charge in [-0.15, -0.1) is 0 Å². The largest absolute Gasteiger partial charge is 0.472 e. The second-order valence-electron chi connectivity index (χ2n) is 18.4. The van der Waals surface area contributed by atoms with Crippen molar-refractivity contribution >= 4 is 25.7 Å². The van der Waals surface area contributed by atoms with Crippen molar-refractivity contribution < 1.29 is 52.2 Å². The van der Waals surface area contributed by atoms with E-state index in [9.17, 15) is 28.9 Å². The molecular formula is C62H101O11P. The number of unbranched alkanes of at least 4 members (excludes halogenated alkanes) is 14. The number of aliphatic hydroxyl groups excluding tert-OH is 1. The molecule has 12 heteroatoms. The number of hydrogen-bond donors (Lipinski definition) is 2. The van der Waals surface area contributed by atoms with Crippen molar-refractivity contribution in [2.24, 2.45) is 0 Å². The summed E-state index contributed by atoms with van der Waals surface area (Å²) in [4.78, 5) is 48.5. The number of allylic oxidation sites excluding steroid dienone is 20. The van der Waals surface area contributed by atoms with E-state index < -0.39 is 57.8 Å². The molecule has 74 heavy (non-hydrogen) atoms. The third-order valence-corrected chi connectivity index (χ3v) is 12.3. The van der Waals surface area contributed by atoms with Crippen LogP contribution in [0.5, 0.6) is 0 Å². The molecular weight excluding hydrogens is 952 g/mol. The summed E-state index contributed by atoms with van der Waals surface area (Å²) in [6.45, 7) is 4.30. The van der Waals surface area contributed by atoms with Crippen molar-refractivity contribution in [2.45, 2.75) is 226 Å². The van der Waals surface area contributed by atoms with E-state index >= 15 is 0 Å². The van der Waals surface area contributed by atoms with Gasteiger partial charge in [-0.05, 0) is 116 Å². The van der Waals surface area contributed by atoms with Crippen LogP contribution in [0.2, 0.25) is 0 Å². The van der Waals surface area contributed by atoms with Crippen molar-refractivity contribution in [3.8, 4) is 0 Å². The number of aliphatic hydroxyl groups is 1. The predicted octanol–water partition coefficient (Wildman–Crippen LogP) is 16.8. The minimum Gasteiger partial charge on any atom is -0.462 e. The molecule has 11 nitrogen and oxygen atoms in total. The summed E-state index contributed by atoms with van der Waals surface area (Å²) >= 11 is 0. The molecule has 0 aliphatic carbocycles. The summed E-state index contributed by atoms with van der Waals surface area (Å²) in [6.07, 6.45) is 67.4. The third-order valence-electron chi connectivity index (χ3n) is 11.3. The van der Waals surface area contributed by atoms with Gasteiger partial charge in [-0.3, -0.25) is 23.4 Å². The molecule has 0 saturated heterocycles. The van der Waals surface area contributed by atoms with Crippen LogP contribution < -0.4 is 0 Å². The van der Waals surface area contributed by atoms with Crippen LogP contribution in [-0.4, -0.2) is 66.5 Å². The van der Waals surface area contributed by atoms with Gasteiger partial charge in [0.15, 0.2) is 6.10 Å². The molecule has 3 unspecified atom stereocenters. The number of hydrogen-bond acceptors (Lipinski definition) is 10. The van der Waals surface area contributed by atoms with Gasteiger partial charge in [-0.25, -0.2) is 4.57 Å². The molecule has 0 fully saturated rings. The SMILES string of the molecule is CC/C=C\C/C=C\C/C=C\C/C=C\C/C=C\C/C=C\CCC(=O)OC(COC(=O)CCCCCCC/C=C\C/C=C\CCCCC)COP(=O)(O)OCC(CO)OC(=O)CCCCCCC/C=C\C/C=C\CCC. The standard InChI is InChI=1S/C62H101O11P/c1-4-7-10-13-16-19-22-25-27-28-29-30-32-35-38-41-44-47-50-53-62(66)73-59(55-69-60(64)51-48-45-42-39-36-34-31-26-23-20-17-14-11-8-5-2)57-71-74(67,68)70-56-58(54-63)72-61(65)52-49-46-43-40-37-33-24-21-18-15-12-9-6-3/h7,10,12,15-17,19-21,24-27,29-31,35,38,44,47,58-59,63H,4-6,8-9,11,13-14,18,22-23,28,32-34,36-37,39-43,45-46,48-57H2,1-3H3,(H,67,68)/b10-7-,15-12-,19-16-,20-17-,24-21-,27-25-,30-29-,31-26-,38-35-,47-44-. The van der Waals surface area contributed by atoms with E-state index in [-0.39, 0.29) is 25.9 Å². The average Bonchev–Trinajstić information content (AvgIpc) is 3.39. The molecule has 0 saturated carbocycles. The zero-order valence-electron chi connectivity index (χ0n) is 46.3. The predicted molar refractivity (Wildman–Crippen MR) is 306 cm³/mol. The lowest BCUT2D eigenvalue weighted by Gasteiger charge is -2.21. The van der Waals surface area contributed by atoms with Crippen molar-refractivity contribution in [1.82, 2.24) is 0 Å². The monoisotopic (exact) mass is 1050 g/mol. The van der Waals surface area contributed by atoms with E-state index in [0.717, 1.165) is 128 Å². The van der Waals surface area contributed by atoms with E-state index in [4.69, 9.17) is 23.3 Å². The molecule has 0 aromatic heterocycles. The highest BCUT2D eigenvalue weighted by Crippen LogP contribution is 2.43. The highest BCUT2D eigenvalue weighted by Gasteiger charge is 2.28. The van der Waals surface area contributed by atoms with Gasteiger partial charge in [0, 0.05) is 19.3 Å². The lowest BCUT2D eigenvalue weighted by atomic mass is 10.1. The van der Waals surface area contributed by atoms with Gasteiger partial charge in [0.1, 0.15) is 12.7 Å². The Morgan fingerprint density at radius 1 is 0.392 bits per heavy atom. The van der Waals surface area contributed by atoms with Crippen LogP contribution in [0.4, 0.5) is 0 Å². The molecule has 3 atom stereocenters. The van der Waals surface area contributed by atoms with Crippen molar-refractivity contribution in [3.05, 3.63) is 122 Å². The fourth-order valence-corrected chi connectivity index (χ4v) is 7.82. The lowest BCUT2D eigenvalue weighted by molar-refractivity contribution is -0.161. The van der Waals surface area contributed by atoms with E-state index in [1.165, 1.54) is 19.3 Å². The Hall–Kier alpha value is -4.12. The van der Waals surface area contributed by atoms with Crippen LogP contribution in [0.25, 0.3) is 0 Å². The Kier molecular flexibility index (Phi) is 52.1. The Morgan fingerprint density at radius 3 is 1.22 bits per heavy atom. The summed E-state index contributed by atoms with van der Waals surface area (Å²) in [6, 6.07) is 0. The summed E-state index contributed by atoms with van der Waals surface area (Å²) in [5.74, 6) is -1.61. The van der Waals surface area contributed by atoms with Gasteiger partial charge in [-0.1, -0.05) is 200 Å². The average molecular weight is 1050 g/mol. The van der Waals surface area contributed by atoms with Crippen LogP contribution in [0.15, 0.2) is 122 Å². The molecule has 0 aliphatic rings. The number of esters is 3. The van der Waals surface area contributed by atoms with Gasteiger partial charge in [0.2, 0.25) is 0 Å². The molecule has 0 heterocycles. The first-order valence-corrected chi connectivity index (χ1v) is 29.9. The maximum absolute atomic E-state index is 12.9. The molecule has 0 aromatic rings. The second-order valence-corrected chi connectivity index (χ2v) is 19.8. The van der Waals surface area contributed by atoms with Crippen molar-refractivity contribution in [1.29, 1.82) is 0 Å². The van der Waals surface area contributed by atoms with Gasteiger partial charge >= 0.3 is 25.7 Å². The van der Waals surface area contributed by atoms with E-state index in [1.807, 2.05) is 12.2 Å². The Labute approximate surface area is 449 Å². The Morgan fingerprint density at radius 2 is 0.757 bits per heavy atom. The molecule has 2 N–H and O–H groups in total. The fourth-order valence-electron chi connectivity index (χ4n) is 7.04. The van der Waals surface area contributed by atoms with Crippen molar-refractivity contribution in [3.63, 3.8) is 0 Å². The van der Waals surface area contributed by atoms with Crippen LogP contribution in [0.3, 0.4) is 0 Å². The first-order chi connectivity index (χ1) is 36.2. The molecule has 0 aliphatic heterocycles. The summed E-state index contributed by atoms with van der Waals surface area (Å²) in [5, 5.41) is 9.80. The number of phosphoric acid groups is 1. The molecule has 0 amide bonds. The third kappa shape index (κ3) is 52.7. The van der Waals surface area contributed by atoms with Crippen molar-refractivity contribution in [2.75, 3.05) is 26.4 Å². The molecule has 0 rings (SSSR count). The summed E-state index contributed by atoms with van der Waals surface area (Å²) in [7, 11) is -4.78. The summed E-state index contributed by atoms with van der Waals surface area (Å²) in [5.41, 5.74) is 0. The molecule has 0 aromatic carbocycles. The molecule has 420 valence electrons. The number of rotatable bonds is 51. The quantitative estimate of drug-likeness (QED) is 0.0197. The highest BCUT2D eigenvalue weighted by molar-refractivity contribution is 7.47. The summed E-state index contributed by atoms with van der Waals surface area (Å²) < 4.78 is 39.4. The minimum absolute atomic E-state index is 0.0322. The normalized spacial score (nSPS) is 14.3. The number of carbonyl (C=O) groups excluding carboxylic acids is 3. The topological polar surface area (TPSA) is 155 Å². The van der Waals surface area contributed by atoms with Gasteiger partial charge in [-0.2, -0.15) is 0 Å². The first-order valence-electron chi connectivity index (χ1n) is 28.4. The van der Waals surface area contributed by atoms with E-state index in [0.29, 0.717) is 25.7 Å². The molecule has 0 bridgehead atoms. The number of ether oxygens (including phenoxy) is 3. The van der Waals surface area contributed by atoms with Crippen LogP contribution in [-0.2, 0) is 42.2 Å². The first kappa shape index (κ1) is 69.9. The molecule has 0 radical (unpaired) electrons. The highest BCUT2D eigenvalue weighted by atomic mass is 31.2. The van der Waals surface area contributed by atoms with Crippen LogP contribution in [0, 0.1) is 0 Å². The van der Waals surface area contributed by atoms with Gasteiger partial charge < -0.3 is 24.2 Å². The zero-order chi connectivity index (χ0) is 54.1. The maximum Gasteiger partial charge on any atom is 0.472 e. The van der Waals surface area contributed by atoms with Gasteiger partial charge in [0.25, 0.3) is 0 Å². The smallest absolute Gasteiger partial charge is 0.462 e. The Balaban J connectivity index is 4.90. The fraction of sp³-hybridized carbons (Fsp3) is 0.629. The van der Waals surface area contributed by atoms with Crippen LogP contribution in [0.1, 0.15) is 213 Å². The zero-order valence-corrected chi connectivity index (χ0v) is 47.2. The Bertz CT molecular complexity index is 1700. The second kappa shape index (κ2) is 55.1. The van der Waals surface area contributed by atoms with E-state index in [1.54, 1.807) is 0 Å². The van der Waals surface area contributed by atoms with Crippen LogP contribution >= 0.6 is 7.82 Å². The van der Waals surface area contributed by atoms with Gasteiger partial charge in [0.05, 0.1) is 19.8 Å². The minimum atomic E-state index is -4.78.